The van der Waals surface area contributed by atoms with Gasteiger partial charge in [-0.05, 0) is 17.6 Å². The molecule has 0 heterocycles. The lowest BCUT2D eigenvalue weighted by molar-refractivity contribution is 0.392. The summed E-state index contributed by atoms with van der Waals surface area (Å²) in [6.45, 7) is 0. The van der Waals surface area contributed by atoms with Crippen molar-refractivity contribution in [2.24, 2.45) is 0 Å². The van der Waals surface area contributed by atoms with E-state index in [1.165, 1.54) is 0 Å². The highest BCUT2D eigenvalue weighted by molar-refractivity contribution is 6.58. The molecule has 0 aliphatic heterocycles. The van der Waals surface area contributed by atoms with Crippen LogP contribution in [0.2, 0.25) is 0 Å². The summed E-state index contributed by atoms with van der Waals surface area (Å²) in [6, 6.07) is 3.15. The molecule has 1 aromatic rings. The first-order valence-corrected chi connectivity index (χ1v) is 3.35. The highest BCUT2D eigenvalue weighted by Gasteiger charge is 2.13. The number of hydrogen-bond donors (Lipinski definition) is 2. The van der Waals surface area contributed by atoms with Crippen molar-refractivity contribution >= 4 is 12.6 Å². The van der Waals surface area contributed by atoms with Crippen LogP contribution in [-0.2, 0) is 0 Å². The molecule has 0 fully saturated rings. The van der Waals surface area contributed by atoms with Gasteiger partial charge in [0, 0.05) is 6.07 Å². The number of ether oxygens (including phenoxy) is 2. The van der Waals surface area contributed by atoms with Crippen molar-refractivity contribution in [3.8, 4) is 11.5 Å². The Morgan fingerprint density at radius 2 is 1.69 bits per heavy atom. The number of methoxy groups -OCH3 is 2. The van der Waals surface area contributed by atoms with Crippen LogP contribution in [0.4, 0.5) is 0 Å². The normalized spacial score (nSPS) is 18.3. The zero-order chi connectivity index (χ0) is 14.8. The van der Waals surface area contributed by atoms with Gasteiger partial charge in [0.2, 0.25) is 0 Å². The number of hydrogen-bond acceptors (Lipinski definition) is 4. The minimum atomic E-state index is -2.75. The van der Waals surface area contributed by atoms with E-state index in [4.69, 9.17) is 18.3 Å². The lowest BCUT2D eigenvalue weighted by Gasteiger charge is -2.07. The molecule has 0 amide bonds. The molecule has 0 spiro atoms. The molecule has 0 aliphatic rings. The van der Waals surface area contributed by atoms with E-state index in [-0.39, 0.29) is 17.0 Å². The summed E-state index contributed by atoms with van der Waals surface area (Å²) >= 11 is 0. The van der Waals surface area contributed by atoms with Gasteiger partial charge in [-0.2, -0.15) is 0 Å². The van der Waals surface area contributed by atoms with Crippen LogP contribution in [0.5, 0.6) is 11.5 Å². The third kappa shape index (κ3) is 2.37. The van der Waals surface area contributed by atoms with Gasteiger partial charge in [0.1, 0.15) is 11.5 Å². The molecule has 0 saturated carbocycles. The summed E-state index contributed by atoms with van der Waals surface area (Å²) < 4.78 is 50.7. The second-order valence-corrected chi connectivity index (χ2v) is 2.32. The topological polar surface area (TPSA) is 58.9 Å². The van der Waals surface area contributed by atoms with E-state index in [9.17, 15) is 0 Å². The highest BCUT2D eigenvalue weighted by Crippen LogP contribution is 2.17. The molecule has 0 unspecified atom stereocenters. The van der Waals surface area contributed by atoms with Gasteiger partial charge in [-0.25, -0.2) is 0 Å². The molecule has 0 atom stereocenters. The summed E-state index contributed by atoms with van der Waals surface area (Å²) in [7, 11) is -7.42. The SMILES string of the molecule is [2H]C([2H])([2H])Oc1cc(OC([2H])([2H])[2H])cc(B(O)O)c1. The van der Waals surface area contributed by atoms with Crippen LogP contribution in [0.3, 0.4) is 0 Å². The van der Waals surface area contributed by atoms with Crippen molar-refractivity contribution in [2.45, 2.75) is 0 Å². The van der Waals surface area contributed by atoms with Crippen LogP contribution in [0.15, 0.2) is 18.2 Å². The van der Waals surface area contributed by atoms with Gasteiger partial charge in [-0.15, -0.1) is 0 Å². The second-order valence-electron chi connectivity index (χ2n) is 2.32. The predicted octanol–water partition coefficient (Wildman–Crippen LogP) is -0.616. The molecule has 4 nitrogen and oxygen atoms in total. The lowest BCUT2D eigenvalue weighted by atomic mass is 9.80. The zero-order valence-corrected chi connectivity index (χ0v) is 6.52. The molecule has 13 heavy (non-hydrogen) atoms. The summed E-state index contributed by atoms with van der Waals surface area (Å²) in [5.74, 6) is -0.519. The first-order valence-electron chi connectivity index (χ1n) is 6.35. The average Bonchev–Trinajstić information content (AvgIpc) is 2.10. The Bertz CT molecular complexity index is 410. The van der Waals surface area contributed by atoms with Crippen molar-refractivity contribution in [3.05, 3.63) is 18.2 Å². The molecule has 1 aromatic carbocycles. The standard InChI is InChI=1S/C8H11BO4/c1-12-7-3-6(9(10)11)4-8(5-7)13-2/h3-5,10-11H,1-2H3/i1D3,2D3. The molecular formula is C8H11BO4. The Labute approximate surface area is 85.3 Å². The maximum Gasteiger partial charge on any atom is 0.488 e. The second kappa shape index (κ2) is 4.16. The quantitative estimate of drug-likeness (QED) is 0.621. The molecule has 1 rings (SSSR count). The minimum Gasteiger partial charge on any atom is -0.497 e. The van der Waals surface area contributed by atoms with Gasteiger partial charge in [-0.3, -0.25) is 0 Å². The molecule has 5 heteroatoms. The Hall–Kier alpha value is -1.20. The molecular weight excluding hydrogens is 171 g/mol. The smallest absolute Gasteiger partial charge is 0.488 e. The van der Waals surface area contributed by atoms with E-state index < -0.39 is 21.2 Å². The van der Waals surface area contributed by atoms with Crippen molar-refractivity contribution in [1.29, 1.82) is 0 Å². The van der Waals surface area contributed by atoms with Gasteiger partial charge in [-0.1, -0.05) is 0 Å². The van der Waals surface area contributed by atoms with Crippen LogP contribution in [0.25, 0.3) is 0 Å². The highest BCUT2D eigenvalue weighted by atomic mass is 16.5. The monoisotopic (exact) mass is 188 g/mol. The van der Waals surface area contributed by atoms with E-state index in [0.29, 0.717) is 0 Å². The van der Waals surface area contributed by atoms with E-state index in [1.54, 1.807) is 0 Å². The van der Waals surface area contributed by atoms with Gasteiger partial charge in [0.15, 0.2) is 0 Å². The third-order valence-corrected chi connectivity index (χ3v) is 1.44. The van der Waals surface area contributed by atoms with Gasteiger partial charge >= 0.3 is 7.12 Å². The maximum atomic E-state index is 9.03. The summed E-state index contributed by atoms with van der Waals surface area (Å²) in [6.07, 6.45) is 0. The Morgan fingerprint density at radius 3 is 2.08 bits per heavy atom. The number of benzene rings is 1. The first-order chi connectivity index (χ1) is 8.46. The Morgan fingerprint density at radius 1 is 1.15 bits per heavy atom. The predicted molar refractivity (Wildman–Crippen MR) is 49.4 cm³/mol. The molecule has 0 radical (unpaired) electrons. The fraction of sp³-hybridized carbons (Fsp3) is 0.250. The summed E-state index contributed by atoms with van der Waals surface area (Å²) in [5.41, 5.74) is -0.152. The van der Waals surface area contributed by atoms with Crippen LogP contribution in [-0.4, -0.2) is 31.2 Å². The van der Waals surface area contributed by atoms with Crippen molar-refractivity contribution in [3.63, 3.8) is 0 Å². The molecule has 70 valence electrons. The molecule has 0 aliphatic carbocycles. The number of rotatable bonds is 3. The van der Waals surface area contributed by atoms with Crippen molar-refractivity contribution in [1.82, 2.24) is 0 Å². The third-order valence-electron chi connectivity index (χ3n) is 1.44. The lowest BCUT2D eigenvalue weighted by Crippen LogP contribution is -2.29. The van der Waals surface area contributed by atoms with Crippen LogP contribution >= 0.6 is 0 Å². The van der Waals surface area contributed by atoms with Crippen molar-refractivity contribution in [2.75, 3.05) is 14.1 Å². The summed E-state index contributed by atoms with van der Waals surface area (Å²) in [5, 5.41) is 18.1. The fourth-order valence-corrected chi connectivity index (χ4v) is 0.861. The van der Waals surface area contributed by atoms with Crippen LogP contribution < -0.4 is 14.9 Å². The van der Waals surface area contributed by atoms with Gasteiger partial charge < -0.3 is 19.5 Å². The Kier molecular flexibility index (Phi) is 1.39. The van der Waals surface area contributed by atoms with E-state index in [2.05, 4.69) is 9.47 Å². The minimum absolute atomic E-state index is 0.152. The van der Waals surface area contributed by atoms with E-state index in [0.717, 1.165) is 18.2 Å². The summed E-state index contributed by atoms with van der Waals surface area (Å²) in [4.78, 5) is 0. The van der Waals surface area contributed by atoms with Crippen LogP contribution in [0.1, 0.15) is 8.22 Å². The Balaban J connectivity index is 3.11. The molecule has 2 N–H and O–H groups in total. The zero-order valence-electron chi connectivity index (χ0n) is 12.5. The fourth-order valence-electron chi connectivity index (χ4n) is 0.861. The largest absolute Gasteiger partial charge is 0.497 e. The van der Waals surface area contributed by atoms with Gasteiger partial charge in [0.25, 0.3) is 0 Å². The maximum absolute atomic E-state index is 9.03. The average molecular weight is 188 g/mol. The molecule has 0 bridgehead atoms. The molecule has 0 saturated heterocycles. The molecule has 0 aromatic heterocycles. The first kappa shape index (κ1) is 4.35. The van der Waals surface area contributed by atoms with Crippen LogP contribution in [0, 0.1) is 0 Å². The van der Waals surface area contributed by atoms with Gasteiger partial charge in [0.05, 0.1) is 22.3 Å². The van der Waals surface area contributed by atoms with Crippen molar-refractivity contribution < 1.29 is 27.7 Å². The van der Waals surface area contributed by atoms with E-state index in [1.807, 2.05) is 0 Å². The van der Waals surface area contributed by atoms with E-state index >= 15 is 0 Å².